The zero-order valence-corrected chi connectivity index (χ0v) is 12.7. The number of nitrogens with zero attached hydrogens (tertiary/aromatic N) is 2. The Morgan fingerprint density at radius 3 is 2.89 bits per heavy atom. The van der Waals surface area contributed by atoms with Crippen LogP contribution in [0, 0.1) is 0 Å². The van der Waals surface area contributed by atoms with Crippen molar-refractivity contribution in [1.29, 1.82) is 0 Å². The van der Waals surface area contributed by atoms with E-state index >= 15 is 0 Å². The van der Waals surface area contributed by atoms with Gasteiger partial charge in [-0.2, -0.15) is 5.10 Å². The van der Waals surface area contributed by atoms with Crippen LogP contribution in [-0.4, -0.2) is 16.3 Å². The molecule has 1 aromatic heterocycles. The van der Waals surface area contributed by atoms with E-state index in [1.54, 1.807) is 4.68 Å². The van der Waals surface area contributed by atoms with Crippen molar-refractivity contribution in [2.24, 2.45) is 7.05 Å². The molecule has 0 aliphatic heterocycles. The van der Waals surface area contributed by atoms with Gasteiger partial charge in [-0.15, -0.1) is 0 Å². The molecule has 1 unspecified atom stereocenters. The first-order valence-electron chi connectivity index (χ1n) is 5.78. The molecule has 1 aromatic carbocycles. The second-order valence-corrected chi connectivity index (χ2v) is 5.39. The maximum absolute atomic E-state index is 6.08. The highest BCUT2D eigenvalue weighted by atomic mass is 79.9. The van der Waals surface area contributed by atoms with E-state index in [1.807, 2.05) is 37.6 Å². The molecular formula is C13H15BrClN3. The first kappa shape index (κ1) is 13.6. The van der Waals surface area contributed by atoms with Crippen molar-refractivity contribution < 1.29 is 0 Å². The Morgan fingerprint density at radius 2 is 2.28 bits per heavy atom. The third kappa shape index (κ3) is 2.94. The van der Waals surface area contributed by atoms with Crippen molar-refractivity contribution in [2.75, 3.05) is 6.54 Å². The molecule has 0 bridgehead atoms. The molecule has 0 saturated heterocycles. The van der Waals surface area contributed by atoms with Crippen LogP contribution in [0.3, 0.4) is 0 Å². The lowest BCUT2D eigenvalue weighted by Crippen LogP contribution is -2.22. The van der Waals surface area contributed by atoms with Gasteiger partial charge in [-0.05, 0) is 30.3 Å². The summed E-state index contributed by atoms with van der Waals surface area (Å²) in [5, 5.41) is 8.42. The number of hydrogen-bond donors (Lipinski definition) is 1. The fourth-order valence-corrected chi connectivity index (χ4v) is 2.59. The molecule has 18 heavy (non-hydrogen) atoms. The summed E-state index contributed by atoms with van der Waals surface area (Å²) in [5.74, 6) is 0. The summed E-state index contributed by atoms with van der Waals surface area (Å²) in [7, 11) is 1.92. The number of rotatable bonds is 4. The van der Waals surface area contributed by atoms with E-state index in [4.69, 9.17) is 11.6 Å². The predicted molar refractivity (Wildman–Crippen MR) is 77.9 cm³/mol. The van der Waals surface area contributed by atoms with Crippen molar-refractivity contribution in [1.82, 2.24) is 15.1 Å². The SMILES string of the molecule is CCNC(c1cnn(C)c1)c1cc(Cl)ccc1Br. The van der Waals surface area contributed by atoms with Gasteiger partial charge in [-0.1, -0.05) is 34.5 Å². The van der Waals surface area contributed by atoms with E-state index in [1.165, 1.54) is 0 Å². The number of benzene rings is 1. The molecule has 0 aliphatic rings. The molecule has 0 fully saturated rings. The van der Waals surface area contributed by atoms with E-state index in [2.05, 4.69) is 33.3 Å². The zero-order valence-electron chi connectivity index (χ0n) is 10.3. The quantitative estimate of drug-likeness (QED) is 0.930. The van der Waals surface area contributed by atoms with Crippen LogP contribution in [0.25, 0.3) is 0 Å². The average Bonchev–Trinajstić information content (AvgIpc) is 2.76. The topological polar surface area (TPSA) is 29.9 Å². The van der Waals surface area contributed by atoms with Crippen molar-refractivity contribution in [2.45, 2.75) is 13.0 Å². The van der Waals surface area contributed by atoms with Gasteiger partial charge < -0.3 is 5.32 Å². The number of hydrogen-bond acceptors (Lipinski definition) is 2. The van der Waals surface area contributed by atoms with E-state index < -0.39 is 0 Å². The summed E-state index contributed by atoms with van der Waals surface area (Å²) in [6.45, 7) is 2.96. The standard InChI is InChI=1S/C13H15BrClN3/c1-3-16-13(9-7-17-18(2)8-9)11-6-10(15)4-5-12(11)14/h4-8,13,16H,3H2,1-2H3. The van der Waals surface area contributed by atoms with Gasteiger partial charge in [-0.3, -0.25) is 4.68 Å². The highest BCUT2D eigenvalue weighted by Gasteiger charge is 2.17. The average molecular weight is 329 g/mol. The summed E-state index contributed by atoms with van der Waals surface area (Å²) in [6, 6.07) is 5.92. The van der Waals surface area contributed by atoms with Gasteiger partial charge in [0.15, 0.2) is 0 Å². The Kier molecular flexibility index (Phi) is 4.43. The van der Waals surface area contributed by atoms with Crippen molar-refractivity contribution in [3.05, 3.63) is 51.2 Å². The van der Waals surface area contributed by atoms with Gasteiger partial charge in [0.05, 0.1) is 12.2 Å². The molecule has 0 saturated carbocycles. The van der Waals surface area contributed by atoms with E-state index in [9.17, 15) is 0 Å². The maximum Gasteiger partial charge on any atom is 0.0619 e. The van der Waals surface area contributed by atoms with Crippen LogP contribution < -0.4 is 5.32 Å². The normalized spacial score (nSPS) is 12.7. The fraction of sp³-hybridized carbons (Fsp3) is 0.308. The van der Waals surface area contributed by atoms with Crippen LogP contribution in [0.1, 0.15) is 24.1 Å². The molecule has 1 N–H and O–H groups in total. The minimum atomic E-state index is 0.0942. The van der Waals surface area contributed by atoms with Gasteiger partial charge in [-0.25, -0.2) is 0 Å². The molecule has 5 heteroatoms. The van der Waals surface area contributed by atoms with Crippen LogP contribution in [0.2, 0.25) is 5.02 Å². The van der Waals surface area contributed by atoms with Gasteiger partial charge >= 0.3 is 0 Å². The summed E-state index contributed by atoms with van der Waals surface area (Å²) in [5.41, 5.74) is 2.25. The van der Waals surface area contributed by atoms with Crippen LogP contribution in [0.4, 0.5) is 0 Å². The monoisotopic (exact) mass is 327 g/mol. The first-order valence-corrected chi connectivity index (χ1v) is 6.95. The number of aryl methyl sites for hydroxylation is 1. The molecule has 0 radical (unpaired) electrons. The minimum Gasteiger partial charge on any atom is -0.306 e. The van der Waals surface area contributed by atoms with Crippen LogP contribution >= 0.6 is 27.5 Å². The fourth-order valence-electron chi connectivity index (χ4n) is 1.94. The number of nitrogens with one attached hydrogen (secondary N) is 1. The Bertz CT molecular complexity index is 539. The Labute approximate surface area is 120 Å². The summed E-state index contributed by atoms with van der Waals surface area (Å²) < 4.78 is 2.85. The maximum atomic E-state index is 6.08. The smallest absolute Gasteiger partial charge is 0.0619 e. The number of aromatic nitrogens is 2. The second-order valence-electron chi connectivity index (χ2n) is 4.10. The highest BCUT2D eigenvalue weighted by molar-refractivity contribution is 9.10. The Balaban J connectivity index is 2.44. The lowest BCUT2D eigenvalue weighted by molar-refractivity contribution is 0.627. The van der Waals surface area contributed by atoms with Gasteiger partial charge in [0.25, 0.3) is 0 Å². The third-order valence-corrected chi connectivity index (χ3v) is 3.69. The number of halogens is 2. The van der Waals surface area contributed by atoms with Crippen LogP contribution in [0.15, 0.2) is 35.1 Å². The van der Waals surface area contributed by atoms with Gasteiger partial charge in [0.1, 0.15) is 0 Å². The van der Waals surface area contributed by atoms with E-state index in [0.717, 1.165) is 27.2 Å². The second kappa shape index (κ2) is 5.87. The molecule has 2 rings (SSSR count). The third-order valence-electron chi connectivity index (χ3n) is 2.74. The molecule has 1 atom stereocenters. The molecule has 2 aromatic rings. The van der Waals surface area contributed by atoms with Crippen LogP contribution in [-0.2, 0) is 7.05 Å². The van der Waals surface area contributed by atoms with Crippen molar-refractivity contribution >= 4 is 27.5 Å². The lowest BCUT2D eigenvalue weighted by atomic mass is 10.0. The predicted octanol–water partition coefficient (Wildman–Crippen LogP) is 3.53. The van der Waals surface area contributed by atoms with Gasteiger partial charge in [0.2, 0.25) is 0 Å². The van der Waals surface area contributed by atoms with Crippen LogP contribution in [0.5, 0.6) is 0 Å². The molecule has 3 nitrogen and oxygen atoms in total. The lowest BCUT2D eigenvalue weighted by Gasteiger charge is -2.18. The first-order chi connectivity index (χ1) is 8.61. The van der Waals surface area contributed by atoms with Gasteiger partial charge in [0, 0.05) is 28.3 Å². The van der Waals surface area contributed by atoms with E-state index in [-0.39, 0.29) is 6.04 Å². The molecule has 0 aliphatic carbocycles. The zero-order chi connectivity index (χ0) is 13.1. The van der Waals surface area contributed by atoms with Crippen molar-refractivity contribution in [3.63, 3.8) is 0 Å². The largest absolute Gasteiger partial charge is 0.306 e. The molecule has 0 spiro atoms. The minimum absolute atomic E-state index is 0.0942. The Morgan fingerprint density at radius 1 is 1.50 bits per heavy atom. The summed E-state index contributed by atoms with van der Waals surface area (Å²) >= 11 is 9.66. The highest BCUT2D eigenvalue weighted by Crippen LogP contribution is 2.30. The van der Waals surface area contributed by atoms with E-state index in [0.29, 0.717) is 0 Å². The molecule has 0 amide bonds. The Hall–Kier alpha value is -0.840. The molecular weight excluding hydrogens is 314 g/mol. The molecule has 96 valence electrons. The van der Waals surface area contributed by atoms with Crippen molar-refractivity contribution in [3.8, 4) is 0 Å². The molecule has 1 heterocycles. The summed E-state index contributed by atoms with van der Waals surface area (Å²) in [4.78, 5) is 0. The summed E-state index contributed by atoms with van der Waals surface area (Å²) in [6.07, 6.45) is 3.89.